The van der Waals surface area contributed by atoms with Crippen LogP contribution in [-0.4, -0.2) is 0 Å². The van der Waals surface area contributed by atoms with E-state index in [4.69, 9.17) is 0 Å². The SMILES string of the molecule is c1ccc(-c2cccc(-c3ccc(N(c4cccc(-c5ccccc5)c4)c4ccccc4-c4ccccc4-c4ccccc4-c4ccccc4)cc3)c2)cc1. The van der Waals surface area contributed by atoms with Crippen LogP contribution in [0.1, 0.15) is 0 Å². The minimum atomic E-state index is 1.09. The van der Waals surface area contributed by atoms with Crippen molar-refractivity contribution in [3.63, 3.8) is 0 Å². The van der Waals surface area contributed by atoms with Crippen molar-refractivity contribution >= 4 is 17.1 Å². The monoisotopic (exact) mass is 701 g/mol. The van der Waals surface area contributed by atoms with Crippen LogP contribution in [0.4, 0.5) is 17.1 Å². The largest absolute Gasteiger partial charge is 0.310 e. The fraction of sp³-hybridized carbons (Fsp3) is 0. The molecular formula is C54H39N. The molecule has 9 rings (SSSR count). The molecule has 0 aromatic heterocycles. The quantitative estimate of drug-likeness (QED) is 0.145. The molecule has 0 radical (unpaired) electrons. The molecule has 0 heterocycles. The summed E-state index contributed by atoms with van der Waals surface area (Å²) in [7, 11) is 0. The van der Waals surface area contributed by atoms with Crippen LogP contribution in [0.25, 0.3) is 66.8 Å². The molecule has 9 aromatic rings. The van der Waals surface area contributed by atoms with Crippen molar-refractivity contribution in [3.8, 4) is 66.8 Å². The highest BCUT2D eigenvalue weighted by Crippen LogP contribution is 2.46. The first-order chi connectivity index (χ1) is 27.3. The van der Waals surface area contributed by atoms with Crippen LogP contribution < -0.4 is 4.90 Å². The van der Waals surface area contributed by atoms with E-state index >= 15 is 0 Å². The maximum absolute atomic E-state index is 2.41. The van der Waals surface area contributed by atoms with Crippen molar-refractivity contribution in [2.24, 2.45) is 0 Å². The van der Waals surface area contributed by atoms with Crippen LogP contribution in [-0.2, 0) is 0 Å². The third kappa shape index (κ3) is 7.00. The molecule has 55 heavy (non-hydrogen) atoms. The summed E-state index contributed by atoms with van der Waals surface area (Å²) in [5.74, 6) is 0. The number of anilines is 3. The van der Waals surface area contributed by atoms with Gasteiger partial charge in [-0.1, -0.05) is 200 Å². The van der Waals surface area contributed by atoms with Gasteiger partial charge in [-0.25, -0.2) is 0 Å². The Morgan fingerprint density at radius 1 is 0.200 bits per heavy atom. The van der Waals surface area contributed by atoms with Crippen molar-refractivity contribution in [2.75, 3.05) is 4.90 Å². The van der Waals surface area contributed by atoms with Crippen LogP contribution in [0.15, 0.2) is 237 Å². The first-order valence-corrected chi connectivity index (χ1v) is 18.8. The number of benzene rings is 9. The second kappa shape index (κ2) is 15.4. The zero-order valence-corrected chi connectivity index (χ0v) is 30.5. The van der Waals surface area contributed by atoms with E-state index in [-0.39, 0.29) is 0 Å². The smallest absolute Gasteiger partial charge is 0.0540 e. The number of para-hydroxylation sites is 1. The summed E-state index contributed by atoms with van der Waals surface area (Å²) in [6.45, 7) is 0. The second-order valence-electron chi connectivity index (χ2n) is 13.7. The number of hydrogen-bond acceptors (Lipinski definition) is 1. The van der Waals surface area contributed by atoms with E-state index in [1.54, 1.807) is 0 Å². The lowest BCUT2D eigenvalue weighted by atomic mass is 9.88. The van der Waals surface area contributed by atoms with Gasteiger partial charge >= 0.3 is 0 Å². The van der Waals surface area contributed by atoms with Gasteiger partial charge in [0.2, 0.25) is 0 Å². The summed E-state index contributed by atoms with van der Waals surface area (Å²) in [5.41, 5.74) is 17.6. The van der Waals surface area contributed by atoms with Crippen molar-refractivity contribution in [3.05, 3.63) is 237 Å². The van der Waals surface area contributed by atoms with E-state index in [0.717, 1.165) is 22.6 Å². The molecular weight excluding hydrogens is 663 g/mol. The summed E-state index contributed by atoms with van der Waals surface area (Å²) >= 11 is 0. The van der Waals surface area contributed by atoms with E-state index < -0.39 is 0 Å². The number of rotatable bonds is 9. The summed E-state index contributed by atoms with van der Waals surface area (Å²) in [4.78, 5) is 2.41. The van der Waals surface area contributed by atoms with Gasteiger partial charge in [-0.05, 0) is 97.6 Å². The average molecular weight is 702 g/mol. The number of hydrogen-bond donors (Lipinski definition) is 0. The molecule has 0 aliphatic heterocycles. The Hall–Kier alpha value is -7.22. The highest BCUT2D eigenvalue weighted by Gasteiger charge is 2.20. The summed E-state index contributed by atoms with van der Waals surface area (Å²) < 4.78 is 0. The zero-order chi connectivity index (χ0) is 36.8. The molecule has 0 spiro atoms. The fourth-order valence-corrected chi connectivity index (χ4v) is 7.63. The van der Waals surface area contributed by atoms with E-state index in [0.29, 0.717) is 0 Å². The predicted octanol–water partition coefficient (Wildman–Crippen LogP) is 15.2. The number of nitrogens with zero attached hydrogens (tertiary/aromatic N) is 1. The second-order valence-corrected chi connectivity index (χ2v) is 13.7. The molecule has 260 valence electrons. The average Bonchev–Trinajstić information content (AvgIpc) is 3.28. The van der Waals surface area contributed by atoms with Crippen molar-refractivity contribution in [1.82, 2.24) is 0 Å². The molecule has 1 heteroatoms. The molecule has 0 fully saturated rings. The van der Waals surface area contributed by atoms with Gasteiger partial charge in [0, 0.05) is 16.9 Å². The van der Waals surface area contributed by atoms with Crippen LogP contribution in [0.2, 0.25) is 0 Å². The lowest BCUT2D eigenvalue weighted by Crippen LogP contribution is -2.11. The molecule has 0 N–H and O–H groups in total. The third-order valence-corrected chi connectivity index (χ3v) is 10.3. The van der Waals surface area contributed by atoms with E-state index in [1.807, 2.05) is 0 Å². The van der Waals surface area contributed by atoms with Gasteiger partial charge in [0.25, 0.3) is 0 Å². The zero-order valence-electron chi connectivity index (χ0n) is 30.5. The standard InChI is InChI=1S/C54H39N/c1-4-18-40(19-5-1)44-24-16-25-45(38-44)42-34-36-47(37-35-42)55(48-27-17-26-46(39-48)41-20-6-2-7-21-41)54-33-15-14-32-53(54)52-31-13-12-30-51(52)50-29-11-10-28-49(50)43-22-8-3-9-23-43/h1-39H. The van der Waals surface area contributed by atoms with Gasteiger partial charge in [0.1, 0.15) is 0 Å². The summed E-state index contributed by atoms with van der Waals surface area (Å²) in [6.07, 6.45) is 0. The Bertz CT molecular complexity index is 2680. The first kappa shape index (κ1) is 33.6. The molecule has 0 bridgehead atoms. The summed E-state index contributed by atoms with van der Waals surface area (Å²) in [6, 6.07) is 85.0. The molecule has 0 amide bonds. The Labute approximate surface area is 324 Å². The van der Waals surface area contributed by atoms with Gasteiger partial charge < -0.3 is 4.90 Å². The van der Waals surface area contributed by atoms with Gasteiger partial charge in [0.05, 0.1) is 5.69 Å². The van der Waals surface area contributed by atoms with E-state index in [9.17, 15) is 0 Å². The predicted molar refractivity (Wildman–Crippen MR) is 234 cm³/mol. The van der Waals surface area contributed by atoms with E-state index in [1.165, 1.54) is 61.2 Å². The van der Waals surface area contributed by atoms with Gasteiger partial charge in [-0.2, -0.15) is 0 Å². The molecule has 0 atom stereocenters. The van der Waals surface area contributed by atoms with Crippen LogP contribution in [0.3, 0.4) is 0 Å². The first-order valence-electron chi connectivity index (χ1n) is 18.8. The van der Waals surface area contributed by atoms with Crippen LogP contribution in [0.5, 0.6) is 0 Å². The minimum absolute atomic E-state index is 1.09. The molecule has 0 saturated carbocycles. The molecule has 0 aliphatic rings. The van der Waals surface area contributed by atoms with Crippen LogP contribution >= 0.6 is 0 Å². The lowest BCUT2D eigenvalue weighted by molar-refractivity contribution is 1.28. The molecule has 0 aliphatic carbocycles. The van der Waals surface area contributed by atoms with Crippen molar-refractivity contribution in [2.45, 2.75) is 0 Å². The molecule has 9 aromatic carbocycles. The maximum Gasteiger partial charge on any atom is 0.0540 e. The topological polar surface area (TPSA) is 3.24 Å². The van der Waals surface area contributed by atoms with E-state index in [2.05, 4.69) is 241 Å². The van der Waals surface area contributed by atoms with Crippen molar-refractivity contribution < 1.29 is 0 Å². The Balaban J connectivity index is 1.19. The normalized spacial score (nSPS) is 10.9. The minimum Gasteiger partial charge on any atom is -0.310 e. The van der Waals surface area contributed by atoms with Gasteiger partial charge in [0.15, 0.2) is 0 Å². The maximum atomic E-state index is 2.41. The molecule has 0 unspecified atom stereocenters. The molecule has 1 nitrogen and oxygen atoms in total. The Morgan fingerprint density at radius 3 is 1.16 bits per heavy atom. The molecule has 0 saturated heterocycles. The van der Waals surface area contributed by atoms with Crippen molar-refractivity contribution in [1.29, 1.82) is 0 Å². The van der Waals surface area contributed by atoms with Crippen LogP contribution in [0, 0.1) is 0 Å². The van der Waals surface area contributed by atoms with Gasteiger partial charge in [-0.3, -0.25) is 0 Å². The fourth-order valence-electron chi connectivity index (χ4n) is 7.63. The third-order valence-electron chi connectivity index (χ3n) is 10.3. The highest BCUT2D eigenvalue weighted by molar-refractivity contribution is 5.97. The Kier molecular flexibility index (Phi) is 9.41. The lowest BCUT2D eigenvalue weighted by Gasteiger charge is -2.29. The highest BCUT2D eigenvalue weighted by atomic mass is 15.1. The summed E-state index contributed by atoms with van der Waals surface area (Å²) in [5, 5.41) is 0. The van der Waals surface area contributed by atoms with Gasteiger partial charge in [-0.15, -0.1) is 0 Å². The Morgan fingerprint density at radius 2 is 0.582 bits per heavy atom.